The number of pyridine rings is 1. The second-order valence-electron chi connectivity index (χ2n) is 6.17. The van der Waals surface area contributed by atoms with Crippen molar-refractivity contribution in [2.45, 2.75) is 26.7 Å². The molecule has 0 aliphatic rings. The van der Waals surface area contributed by atoms with Gasteiger partial charge in [0.05, 0.1) is 23.4 Å². The van der Waals surface area contributed by atoms with Crippen LogP contribution < -0.4 is 10.1 Å². The second-order valence-corrected chi connectivity index (χ2v) is 6.17. The van der Waals surface area contributed by atoms with Crippen LogP contribution in [-0.2, 0) is 0 Å². The van der Waals surface area contributed by atoms with Crippen LogP contribution in [0.2, 0.25) is 0 Å². The first-order valence-corrected chi connectivity index (χ1v) is 8.45. The topological polar surface area (TPSA) is 57.9 Å². The summed E-state index contributed by atoms with van der Waals surface area (Å²) in [5.41, 5.74) is 4.31. The molecule has 0 atom stereocenters. The van der Waals surface area contributed by atoms with E-state index in [4.69, 9.17) is 4.74 Å². The normalized spacial score (nSPS) is 10.7. The summed E-state index contributed by atoms with van der Waals surface area (Å²) in [6.45, 7) is 6.88. The highest BCUT2D eigenvalue weighted by atomic mass is 16.5. The van der Waals surface area contributed by atoms with Crippen molar-refractivity contribution in [1.82, 2.24) is 4.98 Å². The lowest BCUT2D eigenvalue weighted by Gasteiger charge is -2.13. The Hall–Kier alpha value is -3.06. The lowest BCUT2D eigenvalue weighted by atomic mass is 10.0. The Kier molecular flexibility index (Phi) is 4.85. The number of anilines is 2. The molecule has 0 fully saturated rings. The van der Waals surface area contributed by atoms with E-state index in [0.717, 1.165) is 28.0 Å². The summed E-state index contributed by atoms with van der Waals surface area (Å²) in [4.78, 5) is 4.37. The van der Waals surface area contributed by atoms with Crippen molar-refractivity contribution in [3.8, 4) is 11.8 Å². The summed E-state index contributed by atoms with van der Waals surface area (Å²) < 4.78 is 5.60. The third kappa shape index (κ3) is 3.56. The maximum atomic E-state index is 9.48. The van der Waals surface area contributed by atoms with Gasteiger partial charge in [0.2, 0.25) is 0 Å². The molecule has 0 amide bonds. The zero-order chi connectivity index (χ0) is 17.8. The standard InChI is InChI=1S/C21H21N3O/c1-4-25-18-9-10-20-19(11-18)21(16(12-22)13-23-20)24-17-7-5-15(6-8-17)14(2)3/h5-11,13-14H,4H2,1-3H3,(H,23,24). The van der Waals surface area contributed by atoms with Gasteiger partial charge in [-0.2, -0.15) is 5.26 Å². The molecule has 0 saturated carbocycles. The minimum absolute atomic E-state index is 0.485. The van der Waals surface area contributed by atoms with Gasteiger partial charge >= 0.3 is 0 Å². The number of rotatable bonds is 5. The molecule has 0 aliphatic heterocycles. The van der Waals surface area contributed by atoms with Crippen molar-refractivity contribution in [2.24, 2.45) is 0 Å². The molecule has 0 unspecified atom stereocenters. The molecule has 0 aliphatic carbocycles. The van der Waals surface area contributed by atoms with Crippen LogP contribution in [0, 0.1) is 11.3 Å². The number of nitriles is 1. The van der Waals surface area contributed by atoms with Gasteiger partial charge in [-0.05, 0) is 48.7 Å². The Bertz CT molecular complexity index is 924. The largest absolute Gasteiger partial charge is 0.494 e. The van der Waals surface area contributed by atoms with E-state index in [1.54, 1.807) is 6.20 Å². The molecule has 1 aromatic heterocycles. The van der Waals surface area contributed by atoms with Crippen LogP contribution in [0.1, 0.15) is 37.8 Å². The maximum Gasteiger partial charge on any atom is 0.120 e. The lowest BCUT2D eigenvalue weighted by Crippen LogP contribution is -1.98. The van der Waals surface area contributed by atoms with Gasteiger partial charge in [0.15, 0.2) is 0 Å². The lowest BCUT2D eigenvalue weighted by molar-refractivity contribution is 0.340. The SMILES string of the molecule is CCOc1ccc2ncc(C#N)c(Nc3ccc(C(C)C)cc3)c2c1. The van der Waals surface area contributed by atoms with Gasteiger partial charge in [-0.25, -0.2) is 0 Å². The zero-order valence-electron chi connectivity index (χ0n) is 14.7. The zero-order valence-corrected chi connectivity index (χ0v) is 14.7. The summed E-state index contributed by atoms with van der Waals surface area (Å²) in [6, 6.07) is 16.2. The number of fused-ring (bicyclic) bond motifs is 1. The molecule has 1 N–H and O–H groups in total. The Labute approximate surface area is 148 Å². The fourth-order valence-electron chi connectivity index (χ4n) is 2.74. The highest BCUT2D eigenvalue weighted by molar-refractivity contribution is 5.96. The van der Waals surface area contributed by atoms with Crippen LogP contribution in [-0.4, -0.2) is 11.6 Å². The summed E-state index contributed by atoms with van der Waals surface area (Å²) in [5, 5.41) is 13.7. The van der Waals surface area contributed by atoms with Gasteiger partial charge in [0.25, 0.3) is 0 Å². The number of hydrogen-bond acceptors (Lipinski definition) is 4. The van der Waals surface area contributed by atoms with E-state index in [-0.39, 0.29) is 0 Å². The maximum absolute atomic E-state index is 9.48. The van der Waals surface area contributed by atoms with Crippen molar-refractivity contribution < 1.29 is 4.74 Å². The predicted octanol–water partition coefficient (Wildman–Crippen LogP) is 5.37. The van der Waals surface area contributed by atoms with E-state index in [9.17, 15) is 5.26 Å². The molecule has 0 bridgehead atoms. The molecular weight excluding hydrogens is 310 g/mol. The number of nitrogens with one attached hydrogen (secondary N) is 1. The third-order valence-corrected chi connectivity index (χ3v) is 4.12. The Morgan fingerprint density at radius 3 is 2.56 bits per heavy atom. The van der Waals surface area contributed by atoms with Crippen LogP contribution in [0.25, 0.3) is 10.9 Å². The van der Waals surface area contributed by atoms with E-state index in [1.165, 1.54) is 5.56 Å². The highest BCUT2D eigenvalue weighted by Crippen LogP contribution is 2.31. The van der Waals surface area contributed by atoms with Crippen LogP contribution in [0.3, 0.4) is 0 Å². The molecular formula is C21H21N3O. The number of ether oxygens (including phenoxy) is 1. The van der Waals surface area contributed by atoms with Crippen LogP contribution in [0.5, 0.6) is 5.75 Å². The second kappa shape index (κ2) is 7.23. The average Bonchev–Trinajstić information content (AvgIpc) is 2.63. The predicted molar refractivity (Wildman–Crippen MR) is 101 cm³/mol. The minimum Gasteiger partial charge on any atom is -0.494 e. The molecule has 3 aromatic rings. The third-order valence-electron chi connectivity index (χ3n) is 4.12. The molecule has 0 spiro atoms. The van der Waals surface area contributed by atoms with Gasteiger partial charge < -0.3 is 10.1 Å². The quantitative estimate of drug-likeness (QED) is 0.682. The number of aromatic nitrogens is 1. The van der Waals surface area contributed by atoms with Gasteiger partial charge in [-0.15, -0.1) is 0 Å². The molecule has 1 heterocycles. The molecule has 0 radical (unpaired) electrons. The first-order valence-electron chi connectivity index (χ1n) is 8.45. The summed E-state index contributed by atoms with van der Waals surface area (Å²) in [7, 11) is 0. The van der Waals surface area contributed by atoms with Gasteiger partial charge in [-0.1, -0.05) is 26.0 Å². The van der Waals surface area contributed by atoms with Crippen LogP contribution in [0.15, 0.2) is 48.7 Å². The Morgan fingerprint density at radius 1 is 1.16 bits per heavy atom. The highest BCUT2D eigenvalue weighted by Gasteiger charge is 2.11. The number of hydrogen-bond donors (Lipinski definition) is 1. The molecule has 3 rings (SSSR count). The van der Waals surface area contributed by atoms with E-state index in [2.05, 4.69) is 42.4 Å². The fourth-order valence-corrected chi connectivity index (χ4v) is 2.74. The smallest absolute Gasteiger partial charge is 0.120 e. The van der Waals surface area contributed by atoms with Gasteiger partial charge in [-0.3, -0.25) is 4.98 Å². The summed E-state index contributed by atoms with van der Waals surface area (Å²) in [6.07, 6.45) is 1.60. The summed E-state index contributed by atoms with van der Waals surface area (Å²) >= 11 is 0. The van der Waals surface area contributed by atoms with E-state index in [0.29, 0.717) is 18.1 Å². The first-order chi connectivity index (χ1) is 12.1. The molecule has 2 aromatic carbocycles. The molecule has 25 heavy (non-hydrogen) atoms. The van der Waals surface area contributed by atoms with Gasteiger partial charge in [0.1, 0.15) is 11.8 Å². The number of nitrogens with zero attached hydrogens (tertiary/aromatic N) is 2. The van der Waals surface area contributed by atoms with Crippen molar-refractivity contribution >= 4 is 22.3 Å². The van der Waals surface area contributed by atoms with Crippen molar-refractivity contribution in [3.63, 3.8) is 0 Å². The molecule has 0 saturated heterocycles. The molecule has 126 valence electrons. The summed E-state index contributed by atoms with van der Waals surface area (Å²) in [5.74, 6) is 1.25. The van der Waals surface area contributed by atoms with E-state index in [1.807, 2.05) is 37.3 Å². The monoisotopic (exact) mass is 331 g/mol. The van der Waals surface area contributed by atoms with Crippen molar-refractivity contribution in [2.75, 3.05) is 11.9 Å². The van der Waals surface area contributed by atoms with Crippen LogP contribution in [0.4, 0.5) is 11.4 Å². The van der Waals surface area contributed by atoms with Crippen molar-refractivity contribution in [3.05, 3.63) is 59.8 Å². The number of benzene rings is 2. The van der Waals surface area contributed by atoms with E-state index >= 15 is 0 Å². The first kappa shape index (κ1) is 16.8. The molecule has 4 heteroatoms. The Morgan fingerprint density at radius 2 is 1.92 bits per heavy atom. The van der Waals surface area contributed by atoms with Crippen molar-refractivity contribution in [1.29, 1.82) is 5.26 Å². The molecule has 4 nitrogen and oxygen atoms in total. The minimum atomic E-state index is 0.485. The van der Waals surface area contributed by atoms with E-state index < -0.39 is 0 Å². The van der Waals surface area contributed by atoms with Crippen LogP contribution >= 0.6 is 0 Å². The Balaban J connectivity index is 2.06. The fraction of sp³-hybridized carbons (Fsp3) is 0.238. The van der Waals surface area contributed by atoms with Gasteiger partial charge in [0, 0.05) is 17.3 Å². The average molecular weight is 331 g/mol.